The third kappa shape index (κ3) is 4.87. The van der Waals surface area contributed by atoms with E-state index in [0.717, 1.165) is 37.3 Å². The Bertz CT molecular complexity index is 778. The van der Waals surface area contributed by atoms with E-state index in [-0.39, 0.29) is 5.69 Å². The first-order chi connectivity index (χ1) is 13.1. The topological polar surface area (TPSA) is 93.4 Å². The Morgan fingerprint density at radius 2 is 2.11 bits per heavy atom. The third-order valence-corrected chi connectivity index (χ3v) is 4.90. The number of nitrogens with one attached hydrogen (secondary N) is 1. The summed E-state index contributed by atoms with van der Waals surface area (Å²) in [6.45, 7) is 5.05. The van der Waals surface area contributed by atoms with Crippen LogP contribution in [0.2, 0.25) is 5.02 Å². The zero-order valence-electron chi connectivity index (χ0n) is 15.3. The smallest absolute Gasteiger partial charge is 0.268 e. The summed E-state index contributed by atoms with van der Waals surface area (Å²) < 4.78 is 5.61. The van der Waals surface area contributed by atoms with Crippen LogP contribution >= 0.6 is 11.6 Å². The minimum absolute atomic E-state index is 0.161. The van der Waals surface area contributed by atoms with Gasteiger partial charge in [0.1, 0.15) is 17.3 Å². The van der Waals surface area contributed by atoms with E-state index >= 15 is 0 Å². The SMILES string of the molecule is CCOc1cc(CN(c2cnc(C(N)=O)cn2)C2CCNCC2)ccc1Cl. The molecule has 144 valence electrons. The molecule has 0 spiro atoms. The van der Waals surface area contributed by atoms with Gasteiger partial charge in [-0.25, -0.2) is 9.97 Å². The second kappa shape index (κ2) is 9.01. The molecule has 0 unspecified atom stereocenters. The molecule has 1 saturated heterocycles. The normalized spacial score (nSPS) is 14.7. The number of hydrogen-bond donors (Lipinski definition) is 2. The molecular weight excluding hydrogens is 366 g/mol. The molecule has 7 nitrogen and oxygen atoms in total. The summed E-state index contributed by atoms with van der Waals surface area (Å²) in [5.41, 5.74) is 6.51. The highest BCUT2D eigenvalue weighted by Crippen LogP contribution is 2.28. The van der Waals surface area contributed by atoms with Crippen molar-refractivity contribution in [2.45, 2.75) is 32.4 Å². The molecule has 0 atom stereocenters. The lowest BCUT2D eigenvalue weighted by Crippen LogP contribution is -2.43. The molecule has 1 fully saturated rings. The van der Waals surface area contributed by atoms with E-state index in [2.05, 4.69) is 20.2 Å². The molecule has 8 heteroatoms. The van der Waals surface area contributed by atoms with Crippen molar-refractivity contribution in [3.05, 3.63) is 46.9 Å². The second-order valence-electron chi connectivity index (χ2n) is 6.43. The van der Waals surface area contributed by atoms with E-state index in [4.69, 9.17) is 22.1 Å². The van der Waals surface area contributed by atoms with Crippen LogP contribution in [0.25, 0.3) is 0 Å². The van der Waals surface area contributed by atoms with Crippen LogP contribution in [-0.2, 0) is 6.54 Å². The van der Waals surface area contributed by atoms with Gasteiger partial charge in [0.25, 0.3) is 5.91 Å². The van der Waals surface area contributed by atoms with Gasteiger partial charge in [-0.1, -0.05) is 17.7 Å². The molecule has 0 bridgehead atoms. The molecule has 2 aromatic rings. The Kier molecular flexibility index (Phi) is 6.47. The van der Waals surface area contributed by atoms with Crippen LogP contribution in [0.5, 0.6) is 5.75 Å². The van der Waals surface area contributed by atoms with Crippen molar-refractivity contribution in [2.24, 2.45) is 5.73 Å². The predicted molar refractivity (Wildman–Crippen MR) is 105 cm³/mol. The van der Waals surface area contributed by atoms with Crippen molar-refractivity contribution in [3.8, 4) is 5.75 Å². The van der Waals surface area contributed by atoms with E-state index in [0.29, 0.717) is 30.0 Å². The highest BCUT2D eigenvalue weighted by Gasteiger charge is 2.23. The first-order valence-electron chi connectivity index (χ1n) is 9.09. The van der Waals surface area contributed by atoms with Gasteiger partial charge in [0.05, 0.1) is 24.0 Å². The van der Waals surface area contributed by atoms with Gasteiger partial charge in [0.15, 0.2) is 0 Å². The number of aromatic nitrogens is 2. The molecule has 1 aliphatic heterocycles. The predicted octanol–water partition coefficient (Wildman–Crippen LogP) is 2.39. The standard InChI is InChI=1S/C19H24ClN5O2/c1-2-27-17-9-13(3-4-15(17)20)12-25(14-5-7-22-8-6-14)18-11-23-16(10-24-18)19(21)26/h3-4,9-11,14,22H,2,5-8,12H2,1H3,(H2,21,26). The Morgan fingerprint density at radius 3 is 2.74 bits per heavy atom. The number of ether oxygens (including phenoxy) is 1. The number of piperidine rings is 1. The van der Waals surface area contributed by atoms with E-state index < -0.39 is 5.91 Å². The number of benzene rings is 1. The molecule has 1 aromatic heterocycles. The van der Waals surface area contributed by atoms with Gasteiger partial charge >= 0.3 is 0 Å². The molecule has 0 aliphatic carbocycles. The highest BCUT2D eigenvalue weighted by atomic mass is 35.5. The molecule has 3 rings (SSSR count). The van der Waals surface area contributed by atoms with Gasteiger partial charge in [-0.15, -0.1) is 0 Å². The summed E-state index contributed by atoms with van der Waals surface area (Å²) in [4.78, 5) is 22.1. The van der Waals surface area contributed by atoms with Crippen molar-refractivity contribution < 1.29 is 9.53 Å². The van der Waals surface area contributed by atoms with Crippen molar-refractivity contribution in [1.29, 1.82) is 0 Å². The fraction of sp³-hybridized carbons (Fsp3) is 0.421. The molecular formula is C19H24ClN5O2. The molecule has 0 saturated carbocycles. The number of nitrogens with two attached hydrogens (primary N) is 1. The van der Waals surface area contributed by atoms with Gasteiger partial charge in [-0.05, 0) is 50.6 Å². The maximum absolute atomic E-state index is 11.3. The average Bonchev–Trinajstić information content (AvgIpc) is 2.69. The van der Waals surface area contributed by atoms with E-state index in [9.17, 15) is 4.79 Å². The Balaban J connectivity index is 1.88. The molecule has 1 amide bonds. The van der Waals surface area contributed by atoms with Crippen LogP contribution in [0.15, 0.2) is 30.6 Å². The molecule has 3 N–H and O–H groups in total. The maximum Gasteiger partial charge on any atom is 0.268 e. The van der Waals surface area contributed by atoms with Crippen molar-refractivity contribution >= 4 is 23.3 Å². The monoisotopic (exact) mass is 389 g/mol. The number of amides is 1. The minimum Gasteiger partial charge on any atom is -0.492 e. The molecule has 27 heavy (non-hydrogen) atoms. The third-order valence-electron chi connectivity index (χ3n) is 4.58. The first-order valence-corrected chi connectivity index (χ1v) is 9.46. The Labute approximate surface area is 163 Å². The fourth-order valence-electron chi connectivity index (χ4n) is 3.22. The number of carbonyl (C=O) groups is 1. The summed E-state index contributed by atoms with van der Waals surface area (Å²) in [6, 6.07) is 6.13. The van der Waals surface area contributed by atoms with Crippen LogP contribution in [0.3, 0.4) is 0 Å². The van der Waals surface area contributed by atoms with Gasteiger partial charge in [-0.2, -0.15) is 0 Å². The van der Waals surface area contributed by atoms with Crippen LogP contribution in [0.4, 0.5) is 5.82 Å². The summed E-state index contributed by atoms with van der Waals surface area (Å²) in [6.07, 6.45) is 5.05. The number of anilines is 1. The maximum atomic E-state index is 11.3. The van der Waals surface area contributed by atoms with Gasteiger partial charge in [0.2, 0.25) is 0 Å². The number of primary amides is 1. The minimum atomic E-state index is -0.582. The fourth-order valence-corrected chi connectivity index (χ4v) is 3.39. The number of rotatable bonds is 7. The largest absolute Gasteiger partial charge is 0.492 e. The summed E-state index contributed by atoms with van der Waals surface area (Å²) >= 11 is 6.21. The van der Waals surface area contributed by atoms with Crippen LogP contribution in [0, 0.1) is 0 Å². The highest BCUT2D eigenvalue weighted by molar-refractivity contribution is 6.32. The first kappa shape index (κ1) is 19.4. The van der Waals surface area contributed by atoms with Gasteiger partial charge in [0, 0.05) is 12.6 Å². The van der Waals surface area contributed by atoms with Crippen LogP contribution in [-0.4, -0.2) is 41.6 Å². The number of nitrogens with zero attached hydrogens (tertiary/aromatic N) is 3. The Hall–Kier alpha value is -2.38. The van der Waals surface area contributed by atoms with Crippen molar-refractivity contribution in [2.75, 3.05) is 24.6 Å². The van der Waals surface area contributed by atoms with Gasteiger partial charge in [-0.3, -0.25) is 4.79 Å². The number of hydrogen-bond acceptors (Lipinski definition) is 6. The molecule has 0 radical (unpaired) electrons. The zero-order valence-corrected chi connectivity index (χ0v) is 16.1. The lowest BCUT2D eigenvalue weighted by molar-refractivity contribution is 0.0995. The van der Waals surface area contributed by atoms with E-state index in [1.54, 1.807) is 6.20 Å². The quantitative estimate of drug-likeness (QED) is 0.755. The van der Waals surface area contributed by atoms with Crippen LogP contribution < -0.4 is 20.7 Å². The summed E-state index contributed by atoms with van der Waals surface area (Å²) in [5.74, 6) is 0.818. The lowest BCUT2D eigenvalue weighted by atomic mass is 10.0. The molecule has 1 aliphatic rings. The average molecular weight is 390 g/mol. The van der Waals surface area contributed by atoms with E-state index in [1.807, 2.05) is 25.1 Å². The summed E-state index contributed by atoms with van der Waals surface area (Å²) in [5, 5.41) is 3.98. The second-order valence-corrected chi connectivity index (χ2v) is 6.84. The Morgan fingerprint density at radius 1 is 1.33 bits per heavy atom. The van der Waals surface area contributed by atoms with E-state index in [1.165, 1.54) is 6.20 Å². The van der Waals surface area contributed by atoms with Crippen molar-refractivity contribution in [3.63, 3.8) is 0 Å². The number of halogens is 1. The molecule has 1 aromatic carbocycles. The number of carbonyl (C=O) groups excluding carboxylic acids is 1. The summed E-state index contributed by atoms with van der Waals surface area (Å²) in [7, 11) is 0. The van der Waals surface area contributed by atoms with Crippen LogP contribution in [0.1, 0.15) is 35.8 Å². The lowest BCUT2D eigenvalue weighted by Gasteiger charge is -2.35. The van der Waals surface area contributed by atoms with Gasteiger partial charge < -0.3 is 20.7 Å². The van der Waals surface area contributed by atoms with Crippen molar-refractivity contribution in [1.82, 2.24) is 15.3 Å². The molecule has 2 heterocycles. The zero-order chi connectivity index (χ0) is 19.2.